The van der Waals surface area contributed by atoms with Crippen LogP contribution in [0, 0.1) is 17.8 Å². The molecule has 20 nitrogen and oxygen atoms in total. The summed E-state index contributed by atoms with van der Waals surface area (Å²) >= 11 is 0. The van der Waals surface area contributed by atoms with Crippen LogP contribution < -0.4 is 26.2 Å². The Kier molecular flexibility index (Phi) is 20.9. The highest BCUT2D eigenvalue weighted by Crippen LogP contribution is 2.27. The zero-order valence-corrected chi connectivity index (χ0v) is 36.7. The Morgan fingerprint density at radius 1 is 0.688 bits per heavy atom. The molecule has 2 aromatic carbocycles. The summed E-state index contributed by atoms with van der Waals surface area (Å²) in [6.45, 7) is 5.98. The second-order valence-electron chi connectivity index (χ2n) is 16.8. The number of carbonyl (C=O) groups is 7. The number of carboxylic acid groups (broad SMARTS) is 3. The van der Waals surface area contributed by atoms with E-state index in [9.17, 15) is 54.1 Å². The number of rotatable bonds is 16. The Balaban J connectivity index is 1.37. The molecule has 0 aliphatic carbocycles. The third-order valence-electron chi connectivity index (χ3n) is 11.3. The summed E-state index contributed by atoms with van der Waals surface area (Å²) < 4.78 is 5.85. The van der Waals surface area contributed by atoms with Crippen LogP contribution in [0.3, 0.4) is 0 Å². The van der Waals surface area contributed by atoms with Crippen LogP contribution in [0.4, 0.5) is 0 Å². The van der Waals surface area contributed by atoms with Crippen molar-refractivity contribution in [3.63, 3.8) is 0 Å². The van der Waals surface area contributed by atoms with Gasteiger partial charge in [0, 0.05) is 77.8 Å². The predicted octanol–water partition coefficient (Wildman–Crippen LogP) is 0.0784. The first kappa shape index (κ1) is 51.0. The lowest BCUT2D eigenvalue weighted by molar-refractivity contribution is -0.142. The molecule has 3 aliphatic rings. The fourth-order valence-corrected chi connectivity index (χ4v) is 7.83. The minimum atomic E-state index is -1.04. The Bertz CT molecular complexity index is 1830. The fraction of sp³-hybridized carbons (Fsp3) is 0.568. The van der Waals surface area contributed by atoms with Crippen molar-refractivity contribution >= 4 is 41.5 Å². The van der Waals surface area contributed by atoms with Gasteiger partial charge in [0.05, 0.1) is 38.7 Å². The van der Waals surface area contributed by atoms with Gasteiger partial charge in [-0.05, 0) is 54.0 Å². The van der Waals surface area contributed by atoms with E-state index in [1.807, 2.05) is 55.1 Å². The van der Waals surface area contributed by atoms with Crippen LogP contribution in [0.25, 0.3) is 0 Å². The lowest BCUT2D eigenvalue weighted by atomic mass is 9.81. The average molecular weight is 897 g/mol. The number of aliphatic carboxylic acids is 3. The van der Waals surface area contributed by atoms with Gasteiger partial charge in [-0.25, -0.2) is 5.48 Å². The first-order valence-corrected chi connectivity index (χ1v) is 21.7. The zero-order valence-electron chi connectivity index (χ0n) is 36.7. The number of fused-ring (bicyclic) bond motifs is 11. The van der Waals surface area contributed by atoms with Gasteiger partial charge in [-0.15, -0.1) is 0 Å². The monoisotopic (exact) mass is 896 g/mol. The summed E-state index contributed by atoms with van der Waals surface area (Å²) in [6, 6.07) is 13.5. The number of carbonyl (C=O) groups excluding carboxylic acids is 4. The average Bonchev–Trinajstić information content (AvgIpc) is 3.24. The van der Waals surface area contributed by atoms with Crippen LogP contribution in [-0.2, 0) is 53.1 Å². The van der Waals surface area contributed by atoms with E-state index in [2.05, 4.69) is 16.0 Å². The molecule has 0 spiro atoms. The van der Waals surface area contributed by atoms with Crippen LogP contribution >= 0.6 is 0 Å². The van der Waals surface area contributed by atoms with Gasteiger partial charge in [0.2, 0.25) is 23.6 Å². The zero-order chi connectivity index (χ0) is 46.6. The van der Waals surface area contributed by atoms with E-state index in [1.54, 1.807) is 32.3 Å². The van der Waals surface area contributed by atoms with E-state index >= 15 is 0 Å². The summed E-state index contributed by atoms with van der Waals surface area (Å²) in [5.74, 6) is -5.94. The van der Waals surface area contributed by atoms with Crippen molar-refractivity contribution in [3.8, 4) is 5.75 Å². The lowest BCUT2D eigenvalue weighted by Crippen LogP contribution is -2.51. The Morgan fingerprint density at radius 3 is 1.61 bits per heavy atom. The molecule has 64 heavy (non-hydrogen) atoms. The number of carboxylic acids is 3. The molecule has 352 valence electrons. The fourth-order valence-electron chi connectivity index (χ4n) is 7.83. The molecule has 0 unspecified atom stereocenters. The highest BCUT2D eigenvalue weighted by atomic mass is 16.5. The molecular weight excluding hydrogens is 833 g/mol. The first-order chi connectivity index (χ1) is 30.6. The molecule has 5 rings (SSSR count). The third kappa shape index (κ3) is 18.2. The van der Waals surface area contributed by atoms with Crippen molar-refractivity contribution in [3.05, 3.63) is 65.2 Å². The predicted molar refractivity (Wildman–Crippen MR) is 232 cm³/mol. The Hall–Kier alpha value is -5.67. The van der Waals surface area contributed by atoms with E-state index in [0.717, 1.165) is 16.7 Å². The number of nitrogens with zero attached hydrogens (tertiary/aromatic N) is 4. The van der Waals surface area contributed by atoms with E-state index < -0.39 is 53.5 Å². The number of nitrogens with one attached hydrogen (secondary N) is 4. The summed E-state index contributed by atoms with van der Waals surface area (Å²) in [6.07, 6.45) is 1.28. The number of amides is 4. The smallest absolute Gasteiger partial charge is 0.317 e. The van der Waals surface area contributed by atoms with Gasteiger partial charge in [-0.2, -0.15) is 0 Å². The second kappa shape index (κ2) is 26.2. The molecule has 3 atom stereocenters. The van der Waals surface area contributed by atoms with Gasteiger partial charge >= 0.3 is 17.9 Å². The van der Waals surface area contributed by atoms with Crippen LogP contribution in [0.2, 0.25) is 0 Å². The normalized spacial score (nSPS) is 20.4. The van der Waals surface area contributed by atoms with Crippen molar-refractivity contribution in [2.75, 3.05) is 85.1 Å². The molecular formula is C44H64N8O12. The second-order valence-corrected chi connectivity index (χ2v) is 16.8. The number of benzene rings is 2. The number of hydrogen-bond donors (Lipinski definition) is 8. The molecule has 4 amide bonds. The van der Waals surface area contributed by atoms with Gasteiger partial charge in [-0.1, -0.05) is 50.2 Å². The van der Waals surface area contributed by atoms with Crippen molar-refractivity contribution < 1.29 is 58.8 Å². The maximum Gasteiger partial charge on any atom is 0.317 e. The highest BCUT2D eigenvalue weighted by molar-refractivity contribution is 5.91. The highest BCUT2D eigenvalue weighted by Gasteiger charge is 2.36. The quantitative estimate of drug-likeness (QED) is 0.0819. The van der Waals surface area contributed by atoms with Crippen LogP contribution in [0.1, 0.15) is 49.8 Å². The van der Waals surface area contributed by atoms with Crippen molar-refractivity contribution in [2.24, 2.45) is 17.8 Å². The number of ether oxygens (including phenoxy) is 1. The molecule has 3 aliphatic heterocycles. The number of hydrogen-bond acceptors (Lipinski definition) is 13. The molecule has 2 aromatic rings. The van der Waals surface area contributed by atoms with E-state index in [1.165, 1.54) is 0 Å². The van der Waals surface area contributed by atoms with Crippen molar-refractivity contribution in [1.82, 2.24) is 41.0 Å². The Labute approximate surface area is 373 Å². The summed E-state index contributed by atoms with van der Waals surface area (Å²) in [7, 11) is 0. The molecule has 8 N–H and O–H groups in total. The molecule has 20 heteroatoms. The minimum Gasteiger partial charge on any atom is -0.494 e. The maximum atomic E-state index is 13.9. The third-order valence-corrected chi connectivity index (χ3v) is 11.3. The largest absolute Gasteiger partial charge is 0.494 e. The molecule has 0 aromatic heterocycles. The van der Waals surface area contributed by atoms with Crippen LogP contribution in [-0.4, -0.2) is 173 Å². The van der Waals surface area contributed by atoms with Crippen LogP contribution in [0.15, 0.2) is 48.5 Å². The molecule has 2 bridgehead atoms. The van der Waals surface area contributed by atoms with E-state index in [0.29, 0.717) is 38.3 Å². The lowest BCUT2D eigenvalue weighted by Gasteiger charge is -2.32. The van der Waals surface area contributed by atoms with Gasteiger partial charge in [0.25, 0.3) is 0 Å². The number of hydroxylamine groups is 1. The van der Waals surface area contributed by atoms with Crippen molar-refractivity contribution in [1.29, 1.82) is 0 Å². The van der Waals surface area contributed by atoms with E-state index in [4.69, 9.17) is 4.74 Å². The molecule has 0 saturated carbocycles. The molecule has 0 radical (unpaired) electrons. The molecule has 1 saturated heterocycles. The maximum absolute atomic E-state index is 13.9. The minimum absolute atomic E-state index is 0.0276. The summed E-state index contributed by atoms with van der Waals surface area (Å²) in [4.78, 5) is 95.3. The summed E-state index contributed by atoms with van der Waals surface area (Å²) in [5.41, 5.74) is 4.05. The topological polar surface area (TPSA) is 271 Å². The van der Waals surface area contributed by atoms with Gasteiger partial charge < -0.3 is 36.0 Å². The summed E-state index contributed by atoms with van der Waals surface area (Å²) in [5, 5.41) is 46.7. The molecule has 3 heterocycles. The van der Waals surface area contributed by atoms with Crippen LogP contribution in [0.5, 0.6) is 5.75 Å². The standard InChI is InChI=1S/C44H64N8O12/c1-30(2)22-36-35(43(61)48-63)4-3-21-64-34-11-9-31(10-12-34)23-37(47-42(36)60)44(62)46-25-33-7-5-32(6-8-33)24-45-38(53)26-49-13-15-50(27-39(54)55)17-19-52(29-41(58)59)20-18-51(16-14-49)28-40(56)57/h5-12,30,35-37,63H,3-4,13-29H2,1-2H3,(H,45,53)(H,46,62)(H,47,60)(H,48,61)(H,54,55)(H,56,57)(H,58,59)/t35-,36+,37-/m0/s1. The van der Waals surface area contributed by atoms with Gasteiger partial charge in [0.15, 0.2) is 0 Å². The van der Waals surface area contributed by atoms with E-state index in [-0.39, 0.29) is 103 Å². The van der Waals surface area contributed by atoms with Crippen molar-refractivity contribution in [2.45, 2.75) is 58.7 Å². The SMILES string of the molecule is CC(C)C[C@H]1C(=O)N[C@H](C(=O)NCc2ccc(CNC(=O)CN3CCN(CC(=O)O)CCN(CC(=O)O)CCN(CC(=O)O)CC3)cc2)Cc2ccc(cc2)OCCC[C@@H]1C(=O)NO. The van der Waals surface area contributed by atoms with Gasteiger partial charge in [0.1, 0.15) is 11.8 Å². The van der Waals surface area contributed by atoms with Gasteiger partial charge in [-0.3, -0.25) is 58.4 Å². The first-order valence-electron chi connectivity index (χ1n) is 21.7. The Morgan fingerprint density at radius 2 is 1.16 bits per heavy atom. The molecule has 1 fully saturated rings.